The Kier molecular flexibility index (Phi) is 3.95. The first-order valence-corrected chi connectivity index (χ1v) is 9.78. The van der Waals surface area contributed by atoms with Crippen LogP contribution < -0.4 is 0 Å². The van der Waals surface area contributed by atoms with Crippen molar-refractivity contribution in [1.82, 2.24) is 9.97 Å². The monoisotopic (exact) mass is 382 g/mol. The molecule has 2 aromatic heterocycles. The number of hydrogen-bond acceptors (Lipinski definition) is 2. The van der Waals surface area contributed by atoms with E-state index in [-0.39, 0.29) is 11.9 Å². The summed E-state index contributed by atoms with van der Waals surface area (Å²) in [6.45, 7) is 4.18. The van der Waals surface area contributed by atoms with Crippen LogP contribution in [0.5, 0.6) is 0 Å². The van der Waals surface area contributed by atoms with Crippen LogP contribution in [-0.2, 0) is 4.74 Å². The van der Waals surface area contributed by atoms with E-state index in [0.29, 0.717) is 5.56 Å². The van der Waals surface area contributed by atoms with E-state index in [9.17, 15) is 4.79 Å². The summed E-state index contributed by atoms with van der Waals surface area (Å²) >= 11 is 0. The third kappa shape index (κ3) is 2.56. The number of carbonyl (C=O) groups is 1. The SMILES string of the molecule is COC(=O)c1cc(C(C)c2c[nH]c3ccccc23)c2[nH]c3ccccc3c2c1C. The summed E-state index contributed by atoms with van der Waals surface area (Å²) in [6.07, 6.45) is 2.07. The van der Waals surface area contributed by atoms with E-state index in [1.54, 1.807) is 0 Å². The Balaban J connectivity index is 1.84. The van der Waals surface area contributed by atoms with Gasteiger partial charge in [0.1, 0.15) is 0 Å². The number of carbonyl (C=O) groups excluding carboxylic acids is 1. The van der Waals surface area contributed by atoms with E-state index in [1.165, 1.54) is 18.1 Å². The maximum atomic E-state index is 12.6. The fourth-order valence-electron chi connectivity index (χ4n) is 4.50. The van der Waals surface area contributed by atoms with Gasteiger partial charge in [-0.05, 0) is 41.8 Å². The van der Waals surface area contributed by atoms with Crippen LogP contribution >= 0.6 is 0 Å². The first-order chi connectivity index (χ1) is 14.1. The van der Waals surface area contributed by atoms with E-state index in [4.69, 9.17) is 4.74 Å². The highest BCUT2D eigenvalue weighted by atomic mass is 16.5. The Labute approximate surface area is 168 Å². The summed E-state index contributed by atoms with van der Waals surface area (Å²) in [7, 11) is 1.43. The normalized spacial score (nSPS) is 12.7. The van der Waals surface area contributed by atoms with Crippen molar-refractivity contribution in [2.24, 2.45) is 0 Å². The lowest BCUT2D eigenvalue weighted by Gasteiger charge is -2.16. The van der Waals surface area contributed by atoms with Gasteiger partial charge < -0.3 is 14.7 Å². The summed E-state index contributed by atoms with van der Waals surface area (Å²) in [5.41, 5.74) is 7.12. The van der Waals surface area contributed by atoms with Gasteiger partial charge in [-0.1, -0.05) is 43.3 Å². The first kappa shape index (κ1) is 17.6. The van der Waals surface area contributed by atoms with Crippen molar-refractivity contribution in [2.45, 2.75) is 19.8 Å². The zero-order valence-electron chi connectivity index (χ0n) is 16.7. The number of fused-ring (bicyclic) bond motifs is 4. The van der Waals surface area contributed by atoms with Crippen molar-refractivity contribution in [3.63, 3.8) is 0 Å². The highest BCUT2D eigenvalue weighted by molar-refractivity contribution is 6.13. The minimum absolute atomic E-state index is 0.0886. The number of nitrogens with one attached hydrogen (secondary N) is 2. The molecule has 0 saturated carbocycles. The first-order valence-electron chi connectivity index (χ1n) is 9.78. The Bertz CT molecular complexity index is 1390. The Morgan fingerprint density at radius 3 is 2.41 bits per heavy atom. The molecule has 0 spiro atoms. The number of H-pyrrole nitrogens is 2. The van der Waals surface area contributed by atoms with Crippen molar-refractivity contribution < 1.29 is 9.53 Å². The molecule has 4 nitrogen and oxygen atoms in total. The number of para-hydroxylation sites is 2. The van der Waals surface area contributed by atoms with Gasteiger partial charge in [0.25, 0.3) is 0 Å². The summed E-state index contributed by atoms with van der Waals surface area (Å²) in [6, 6.07) is 18.5. The van der Waals surface area contributed by atoms with E-state index in [2.05, 4.69) is 53.4 Å². The topological polar surface area (TPSA) is 57.9 Å². The molecule has 4 heteroatoms. The number of ether oxygens (including phenoxy) is 1. The number of aromatic amines is 2. The molecule has 0 radical (unpaired) electrons. The van der Waals surface area contributed by atoms with Crippen LogP contribution in [0.4, 0.5) is 0 Å². The number of aromatic nitrogens is 2. The second-order valence-electron chi connectivity index (χ2n) is 7.56. The predicted molar refractivity (Wildman–Crippen MR) is 118 cm³/mol. The Hall–Kier alpha value is -3.53. The van der Waals surface area contributed by atoms with Gasteiger partial charge in [0.2, 0.25) is 0 Å². The average Bonchev–Trinajstić information content (AvgIpc) is 3.35. The fraction of sp³-hybridized carbons (Fsp3) is 0.160. The molecule has 144 valence electrons. The second kappa shape index (κ2) is 6.52. The molecule has 29 heavy (non-hydrogen) atoms. The van der Waals surface area contributed by atoms with Crippen LogP contribution in [0.25, 0.3) is 32.7 Å². The largest absolute Gasteiger partial charge is 0.465 e. The van der Waals surface area contributed by atoms with E-state index in [0.717, 1.165) is 38.4 Å². The number of methoxy groups -OCH3 is 1. The van der Waals surface area contributed by atoms with Crippen LogP contribution in [0.2, 0.25) is 0 Å². The Morgan fingerprint density at radius 1 is 0.966 bits per heavy atom. The standard InChI is InChI=1S/C25H22N2O2/c1-14(20-13-26-21-10-6-4-8-16(20)21)18-12-19(25(28)29-3)15(2)23-17-9-5-7-11-22(17)27-24(18)23/h4-14,26-27H,1-3H3. The van der Waals surface area contributed by atoms with Gasteiger partial charge in [0, 0.05) is 39.3 Å². The number of aryl methyl sites for hydroxylation is 1. The zero-order chi connectivity index (χ0) is 20.1. The number of rotatable bonds is 3. The number of benzene rings is 3. The molecule has 0 amide bonds. The van der Waals surface area contributed by atoms with Crippen LogP contribution in [-0.4, -0.2) is 23.0 Å². The lowest BCUT2D eigenvalue weighted by atomic mass is 9.88. The molecule has 5 rings (SSSR count). The molecule has 0 bridgehead atoms. The van der Waals surface area contributed by atoms with Crippen LogP contribution in [0.3, 0.4) is 0 Å². The third-order valence-electron chi connectivity index (χ3n) is 6.03. The molecule has 1 unspecified atom stereocenters. The molecule has 3 aromatic carbocycles. The maximum Gasteiger partial charge on any atom is 0.338 e. The smallest absolute Gasteiger partial charge is 0.338 e. The van der Waals surface area contributed by atoms with Gasteiger partial charge in [-0.15, -0.1) is 0 Å². The van der Waals surface area contributed by atoms with Crippen molar-refractivity contribution in [1.29, 1.82) is 0 Å². The van der Waals surface area contributed by atoms with E-state index < -0.39 is 0 Å². The molecule has 0 aliphatic rings. The minimum Gasteiger partial charge on any atom is -0.465 e. The van der Waals surface area contributed by atoms with Gasteiger partial charge in [0.05, 0.1) is 18.2 Å². The Morgan fingerprint density at radius 2 is 1.66 bits per heavy atom. The minimum atomic E-state index is -0.304. The molecule has 0 saturated heterocycles. The average molecular weight is 382 g/mol. The summed E-state index contributed by atoms with van der Waals surface area (Å²) in [5, 5.41) is 3.41. The van der Waals surface area contributed by atoms with Gasteiger partial charge in [0.15, 0.2) is 0 Å². The predicted octanol–water partition coefficient (Wildman–Crippen LogP) is 6.05. The van der Waals surface area contributed by atoms with Gasteiger partial charge in [-0.2, -0.15) is 0 Å². The lowest BCUT2D eigenvalue weighted by molar-refractivity contribution is 0.0600. The second-order valence-corrected chi connectivity index (χ2v) is 7.56. The highest BCUT2D eigenvalue weighted by Gasteiger charge is 2.23. The zero-order valence-corrected chi connectivity index (χ0v) is 16.7. The van der Waals surface area contributed by atoms with Crippen LogP contribution in [0.1, 0.15) is 39.9 Å². The summed E-state index contributed by atoms with van der Waals surface area (Å²) < 4.78 is 5.10. The molecular weight excluding hydrogens is 360 g/mol. The number of hydrogen-bond donors (Lipinski definition) is 2. The molecule has 0 aliphatic carbocycles. The summed E-state index contributed by atoms with van der Waals surface area (Å²) in [4.78, 5) is 19.5. The van der Waals surface area contributed by atoms with E-state index >= 15 is 0 Å². The highest BCUT2D eigenvalue weighted by Crippen LogP contribution is 2.39. The number of esters is 1. The van der Waals surface area contributed by atoms with Crippen molar-refractivity contribution in [2.75, 3.05) is 7.11 Å². The quantitative estimate of drug-likeness (QED) is 0.373. The molecular formula is C25H22N2O2. The third-order valence-corrected chi connectivity index (χ3v) is 6.03. The lowest BCUT2D eigenvalue weighted by Crippen LogP contribution is -2.07. The van der Waals surface area contributed by atoms with Crippen molar-refractivity contribution >= 4 is 38.7 Å². The summed E-state index contributed by atoms with van der Waals surface area (Å²) in [5.74, 6) is -0.215. The van der Waals surface area contributed by atoms with E-state index in [1.807, 2.05) is 31.2 Å². The van der Waals surface area contributed by atoms with Gasteiger partial charge in [-0.3, -0.25) is 0 Å². The van der Waals surface area contributed by atoms with Crippen molar-refractivity contribution in [3.8, 4) is 0 Å². The molecule has 0 fully saturated rings. The van der Waals surface area contributed by atoms with Gasteiger partial charge >= 0.3 is 5.97 Å². The molecule has 5 aromatic rings. The van der Waals surface area contributed by atoms with Crippen molar-refractivity contribution in [3.05, 3.63) is 83.0 Å². The molecule has 0 aliphatic heterocycles. The van der Waals surface area contributed by atoms with Crippen LogP contribution in [0.15, 0.2) is 60.8 Å². The fourth-order valence-corrected chi connectivity index (χ4v) is 4.50. The van der Waals surface area contributed by atoms with Gasteiger partial charge in [-0.25, -0.2) is 4.79 Å². The molecule has 2 N–H and O–H groups in total. The van der Waals surface area contributed by atoms with Crippen LogP contribution in [0, 0.1) is 6.92 Å². The maximum absolute atomic E-state index is 12.6. The molecule has 2 heterocycles. The molecule has 1 atom stereocenters.